The van der Waals surface area contributed by atoms with Gasteiger partial charge in [-0.05, 0) is 38.3 Å². The van der Waals surface area contributed by atoms with Crippen molar-refractivity contribution in [3.8, 4) is 0 Å². The summed E-state index contributed by atoms with van der Waals surface area (Å²) in [5.74, 6) is 1.29. The molecule has 2 rings (SSSR count). The first kappa shape index (κ1) is 18.0. The van der Waals surface area contributed by atoms with Gasteiger partial charge in [0.1, 0.15) is 0 Å². The van der Waals surface area contributed by atoms with Crippen LogP contribution in [0.5, 0.6) is 0 Å². The van der Waals surface area contributed by atoms with Crippen molar-refractivity contribution in [2.75, 3.05) is 13.6 Å². The van der Waals surface area contributed by atoms with E-state index in [-0.39, 0.29) is 0 Å². The van der Waals surface area contributed by atoms with E-state index in [9.17, 15) is 0 Å². The largest absolute Gasteiger partial charge is 0.356 e. The Bertz CT molecular complexity index is 670. The smallest absolute Gasteiger partial charge is 0.191 e. The highest BCUT2D eigenvalue weighted by Crippen LogP contribution is 2.06. The predicted molar refractivity (Wildman–Crippen MR) is 100 cm³/mol. The lowest BCUT2D eigenvalue weighted by Crippen LogP contribution is -2.39. The number of aryl methyl sites for hydroxylation is 3. The summed E-state index contributed by atoms with van der Waals surface area (Å²) < 4.78 is 2.07. The molecule has 1 atom stereocenters. The zero-order valence-electron chi connectivity index (χ0n) is 15.4. The minimum Gasteiger partial charge on any atom is -0.356 e. The Morgan fingerprint density at radius 2 is 1.88 bits per heavy atom. The van der Waals surface area contributed by atoms with E-state index >= 15 is 0 Å². The molecule has 0 aliphatic carbocycles. The maximum absolute atomic E-state index is 4.52. The first-order chi connectivity index (χ1) is 11.5. The highest BCUT2D eigenvalue weighted by atomic mass is 15.3. The average molecular weight is 327 g/mol. The summed E-state index contributed by atoms with van der Waals surface area (Å²) in [5, 5.41) is 11.3. The fraction of sp³-hybridized carbons (Fsp3) is 0.474. The highest BCUT2D eigenvalue weighted by molar-refractivity contribution is 5.79. The summed E-state index contributed by atoms with van der Waals surface area (Å²) >= 11 is 0. The standard InChI is InChI=1S/C19H29N5/c1-14-6-8-18(9-7-14)12-22-19(20-5)21-11-15(2)13-24-17(4)10-16(3)23-24/h6-10,15H,11-13H2,1-5H3,(H2,20,21,22). The molecule has 0 radical (unpaired) electrons. The minimum absolute atomic E-state index is 0.459. The van der Waals surface area contributed by atoms with Crippen LogP contribution < -0.4 is 10.6 Å². The van der Waals surface area contributed by atoms with Crippen molar-refractivity contribution in [3.63, 3.8) is 0 Å². The van der Waals surface area contributed by atoms with E-state index in [1.807, 2.05) is 6.92 Å². The third-order valence-corrected chi connectivity index (χ3v) is 4.01. The molecule has 2 aromatic rings. The quantitative estimate of drug-likeness (QED) is 0.634. The second-order valence-corrected chi connectivity index (χ2v) is 6.51. The molecule has 0 aliphatic rings. The number of guanidine groups is 1. The van der Waals surface area contributed by atoms with Crippen LogP contribution in [0.15, 0.2) is 35.3 Å². The van der Waals surface area contributed by atoms with Crippen LogP contribution in [0.2, 0.25) is 0 Å². The van der Waals surface area contributed by atoms with E-state index in [1.54, 1.807) is 7.05 Å². The first-order valence-electron chi connectivity index (χ1n) is 8.49. The van der Waals surface area contributed by atoms with Crippen molar-refractivity contribution < 1.29 is 0 Å². The van der Waals surface area contributed by atoms with Gasteiger partial charge in [-0.1, -0.05) is 36.8 Å². The number of nitrogens with one attached hydrogen (secondary N) is 2. The molecule has 5 heteroatoms. The van der Waals surface area contributed by atoms with Crippen molar-refractivity contribution in [3.05, 3.63) is 52.8 Å². The van der Waals surface area contributed by atoms with Crippen LogP contribution in [0.25, 0.3) is 0 Å². The van der Waals surface area contributed by atoms with E-state index in [0.29, 0.717) is 5.92 Å². The molecule has 24 heavy (non-hydrogen) atoms. The lowest BCUT2D eigenvalue weighted by molar-refractivity contribution is 0.436. The Hall–Kier alpha value is -2.30. The number of aromatic nitrogens is 2. The summed E-state index contributed by atoms with van der Waals surface area (Å²) in [5.41, 5.74) is 4.81. The van der Waals surface area contributed by atoms with Crippen molar-refractivity contribution in [1.29, 1.82) is 0 Å². The van der Waals surface area contributed by atoms with Gasteiger partial charge in [0.15, 0.2) is 5.96 Å². The molecule has 0 saturated heterocycles. The van der Waals surface area contributed by atoms with Crippen molar-refractivity contribution in [2.24, 2.45) is 10.9 Å². The van der Waals surface area contributed by atoms with Gasteiger partial charge in [-0.25, -0.2) is 0 Å². The zero-order chi connectivity index (χ0) is 17.5. The van der Waals surface area contributed by atoms with Crippen LogP contribution in [-0.2, 0) is 13.1 Å². The van der Waals surface area contributed by atoms with Crippen LogP contribution in [0.1, 0.15) is 29.4 Å². The highest BCUT2D eigenvalue weighted by Gasteiger charge is 2.08. The molecule has 130 valence electrons. The van der Waals surface area contributed by atoms with E-state index in [0.717, 1.165) is 31.3 Å². The SMILES string of the molecule is CN=C(NCc1ccc(C)cc1)NCC(C)Cn1nc(C)cc1C. The lowest BCUT2D eigenvalue weighted by atomic mass is 10.1. The molecule has 0 bridgehead atoms. The minimum atomic E-state index is 0.459. The molecule has 0 saturated carbocycles. The summed E-state index contributed by atoms with van der Waals surface area (Å²) in [6, 6.07) is 10.7. The molecule has 5 nitrogen and oxygen atoms in total. The normalized spacial score (nSPS) is 13.0. The van der Waals surface area contributed by atoms with Crippen LogP contribution in [0.4, 0.5) is 0 Å². The third-order valence-electron chi connectivity index (χ3n) is 4.01. The Morgan fingerprint density at radius 3 is 2.46 bits per heavy atom. The average Bonchev–Trinajstić information content (AvgIpc) is 2.86. The summed E-state index contributed by atoms with van der Waals surface area (Å²) in [7, 11) is 1.80. The summed E-state index contributed by atoms with van der Waals surface area (Å²) in [6.45, 7) is 11.0. The van der Waals surface area contributed by atoms with Gasteiger partial charge in [0.25, 0.3) is 0 Å². The van der Waals surface area contributed by atoms with Gasteiger partial charge in [-0.2, -0.15) is 5.10 Å². The molecule has 1 aromatic carbocycles. The Kier molecular flexibility index (Phi) is 6.41. The molecule has 0 fully saturated rings. The fourth-order valence-corrected chi connectivity index (χ4v) is 2.60. The lowest BCUT2D eigenvalue weighted by Gasteiger charge is -2.17. The maximum Gasteiger partial charge on any atom is 0.191 e. The van der Waals surface area contributed by atoms with Crippen LogP contribution in [-0.4, -0.2) is 29.3 Å². The van der Waals surface area contributed by atoms with Gasteiger partial charge in [-0.3, -0.25) is 9.67 Å². The predicted octanol–water partition coefficient (Wildman–Crippen LogP) is 2.81. The fourth-order valence-electron chi connectivity index (χ4n) is 2.60. The van der Waals surface area contributed by atoms with Gasteiger partial charge < -0.3 is 10.6 Å². The van der Waals surface area contributed by atoms with E-state index < -0.39 is 0 Å². The number of benzene rings is 1. The Morgan fingerprint density at radius 1 is 1.17 bits per heavy atom. The van der Waals surface area contributed by atoms with Gasteiger partial charge >= 0.3 is 0 Å². The van der Waals surface area contributed by atoms with Crippen molar-refractivity contribution in [1.82, 2.24) is 20.4 Å². The molecular formula is C19H29N5. The van der Waals surface area contributed by atoms with Gasteiger partial charge in [0, 0.05) is 32.4 Å². The van der Waals surface area contributed by atoms with Crippen molar-refractivity contribution >= 4 is 5.96 Å². The summed E-state index contributed by atoms with van der Waals surface area (Å²) in [4.78, 5) is 4.29. The molecule has 1 aromatic heterocycles. The van der Waals surface area contributed by atoms with Crippen LogP contribution >= 0.6 is 0 Å². The number of rotatable bonds is 6. The second kappa shape index (κ2) is 8.52. The molecule has 1 heterocycles. The zero-order valence-corrected chi connectivity index (χ0v) is 15.4. The van der Waals surface area contributed by atoms with Crippen LogP contribution in [0, 0.1) is 26.7 Å². The molecule has 0 aliphatic heterocycles. The number of hydrogen-bond acceptors (Lipinski definition) is 2. The number of aliphatic imine (C=N–C) groups is 1. The molecule has 0 amide bonds. The molecule has 2 N–H and O–H groups in total. The monoisotopic (exact) mass is 327 g/mol. The number of nitrogens with zero attached hydrogens (tertiary/aromatic N) is 3. The number of hydrogen-bond donors (Lipinski definition) is 2. The topological polar surface area (TPSA) is 54.2 Å². The first-order valence-corrected chi connectivity index (χ1v) is 8.49. The summed E-state index contributed by atoms with van der Waals surface area (Å²) in [6.07, 6.45) is 0. The van der Waals surface area contributed by atoms with E-state index in [1.165, 1.54) is 16.8 Å². The second-order valence-electron chi connectivity index (χ2n) is 6.51. The molecular weight excluding hydrogens is 298 g/mol. The Balaban J connectivity index is 1.78. The molecule has 0 spiro atoms. The van der Waals surface area contributed by atoms with Gasteiger partial charge in [0.2, 0.25) is 0 Å². The van der Waals surface area contributed by atoms with Gasteiger partial charge in [-0.15, -0.1) is 0 Å². The maximum atomic E-state index is 4.52. The van der Waals surface area contributed by atoms with Gasteiger partial charge in [0.05, 0.1) is 5.69 Å². The van der Waals surface area contributed by atoms with E-state index in [2.05, 4.69) is 76.5 Å². The van der Waals surface area contributed by atoms with Crippen molar-refractivity contribution in [2.45, 2.75) is 40.8 Å². The third kappa shape index (κ3) is 5.41. The Labute approximate surface area is 145 Å². The van der Waals surface area contributed by atoms with E-state index in [4.69, 9.17) is 0 Å². The molecule has 1 unspecified atom stereocenters. The van der Waals surface area contributed by atoms with Crippen LogP contribution in [0.3, 0.4) is 0 Å².